The predicted molar refractivity (Wildman–Crippen MR) is 132 cm³/mol. The summed E-state index contributed by atoms with van der Waals surface area (Å²) in [7, 11) is 4.09. The van der Waals surface area contributed by atoms with Gasteiger partial charge in [0.15, 0.2) is 5.96 Å². The van der Waals surface area contributed by atoms with Crippen LogP contribution in [0.4, 0.5) is 0 Å². The van der Waals surface area contributed by atoms with E-state index in [1.807, 2.05) is 18.4 Å². The molecule has 1 saturated carbocycles. The fourth-order valence-corrected chi connectivity index (χ4v) is 5.42. The first-order valence-electron chi connectivity index (χ1n) is 10.5. The second-order valence-electron chi connectivity index (χ2n) is 8.31. The van der Waals surface area contributed by atoms with Crippen LogP contribution < -0.4 is 10.6 Å². The van der Waals surface area contributed by atoms with Gasteiger partial charge in [-0.05, 0) is 38.3 Å². The largest absolute Gasteiger partial charge is 0.355 e. The Balaban J connectivity index is 0.00000280. The lowest BCUT2D eigenvalue weighted by molar-refractivity contribution is 0.120. The van der Waals surface area contributed by atoms with Gasteiger partial charge in [-0.15, -0.1) is 35.3 Å². The van der Waals surface area contributed by atoms with Crippen molar-refractivity contribution < 1.29 is 0 Å². The van der Waals surface area contributed by atoms with Crippen molar-refractivity contribution in [3.8, 4) is 0 Å². The summed E-state index contributed by atoms with van der Waals surface area (Å²) in [5.74, 6) is 0.942. The standard InChI is InChI=1S/C21H37N5S.HI/c1-18(26-13-11-25(3)12-14-26)16-23-20(22-2)24-17-21(9-5-4-6-10-21)19-8-7-15-27-19;/h7-8,15,18H,4-6,9-14,16-17H2,1-3H3,(H2,22,23,24);1H. The lowest BCUT2D eigenvalue weighted by Gasteiger charge is -2.38. The summed E-state index contributed by atoms with van der Waals surface area (Å²) in [4.78, 5) is 11.0. The maximum Gasteiger partial charge on any atom is 0.191 e. The molecule has 28 heavy (non-hydrogen) atoms. The molecule has 3 rings (SSSR count). The molecule has 1 aliphatic carbocycles. The Kier molecular flexibility index (Phi) is 10.00. The van der Waals surface area contributed by atoms with Crippen LogP contribution in [0, 0.1) is 0 Å². The van der Waals surface area contributed by atoms with Crippen LogP contribution in [-0.2, 0) is 5.41 Å². The van der Waals surface area contributed by atoms with Crippen LogP contribution in [0.1, 0.15) is 43.9 Å². The predicted octanol–water partition coefficient (Wildman–Crippen LogP) is 3.37. The second kappa shape index (κ2) is 11.7. The van der Waals surface area contributed by atoms with E-state index in [4.69, 9.17) is 0 Å². The SMILES string of the molecule is CN=C(NCC(C)N1CCN(C)CC1)NCC1(c2cccs2)CCCCC1.I. The maximum absolute atomic E-state index is 4.49. The fourth-order valence-electron chi connectivity index (χ4n) is 4.43. The highest BCUT2D eigenvalue weighted by atomic mass is 127. The quantitative estimate of drug-likeness (QED) is 0.344. The molecule has 0 amide bonds. The monoisotopic (exact) mass is 519 g/mol. The average molecular weight is 520 g/mol. The van der Waals surface area contributed by atoms with Crippen molar-refractivity contribution in [2.24, 2.45) is 4.99 Å². The zero-order valence-electron chi connectivity index (χ0n) is 17.7. The maximum atomic E-state index is 4.49. The third-order valence-corrected chi connectivity index (χ3v) is 7.51. The van der Waals surface area contributed by atoms with E-state index in [9.17, 15) is 0 Å². The minimum atomic E-state index is 0. The van der Waals surface area contributed by atoms with Gasteiger partial charge in [0.05, 0.1) is 0 Å². The van der Waals surface area contributed by atoms with Crippen molar-refractivity contribution in [3.63, 3.8) is 0 Å². The van der Waals surface area contributed by atoms with E-state index < -0.39 is 0 Å². The number of rotatable bonds is 6. The third-order valence-electron chi connectivity index (χ3n) is 6.40. The van der Waals surface area contributed by atoms with E-state index in [1.165, 1.54) is 50.1 Å². The first-order valence-corrected chi connectivity index (χ1v) is 11.4. The second-order valence-corrected chi connectivity index (χ2v) is 9.26. The molecule has 1 aromatic heterocycles. The first kappa shape index (κ1) is 23.9. The number of thiophene rings is 1. The number of aliphatic imine (C=N–C) groups is 1. The van der Waals surface area contributed by atoms with E-state index in [0.717, 1.165) is 32.1 Å². The van der Waals surface area contributed by atoms with E-state index in [1.54, 1.807) is 0 Å². The lowest BCUT2D eigenvalue weighted by atomic mass is 9.73. The van der Waals surface area contributed by atoms with Gasteiger partial charge < -0.3 is 15.5 Å². The highest BCUT2D eigenvalue weighted by Crippen LogP contribution is 2.41. The Morgan fingerprint density at radius 3 is 2.50 bits per heavy atom. The van der Waals surface area contributed by atoms with E-state index >= 15 is 0 Å². The van der Waals surface area contributed by atoms with Gasteiger partial charge in [-0.3, -0.25) is 9.89 Å². The van der Waals surface area contributed by atoms with Gasteiger partial charge in [-0.1, -0.05) is 25.3 Å². The average Bonchev–Trinajstić information content (AvgIpc) is 3.25. The van der Waals surface area contributed by atoms with Crippen molar-refractivity contribution >= 4 is 41.3 Å². The molecule has 0 bridgehead atoms. The summed E-state index contributed by atoms with van der Waals surface area (Å²) >= 11 is 1.91. The molecule has 1 atom stereocenters. The summed E-state index contributed by atoms with van der Waals surface area (Å²) in [5.41, 5.74) is 0.285. The minimum absolute atomic E-state index is 0. The summed E-state index contributed by atoms with van der Waals surface area (Å²) in [6.07, 6.45) is 6.63. The van der Waals surface area contributed by atoms with Crippen LogP contribution in [0.3, 0.4) is 0 Å². The first-order chi connectivity index (χ1) is 13.1. The Labute approximate surface area is 192 Å². The molecule has 0 radical (unpaired) electrons. The van der Waals surface area contributed by atoms with Gasteiger partial charge in [0.25, 0.3) is 0 Å². The molecule has 1 saturated heterocycles. The van der Waals surface area contributed by atoms with E-state index in [2.05, 4.69) is 56.9 Å². The van der Waals surface area contributed by atoms with Crippen molar-refractivity contribution in [1.29, 1.82) is 0 Å². The van der Waals surface area contributed by atoms with Crippen LogP contribution in [-0.4, -0.2) is 75.2 Å². The number of nitrogens with one attached hydrogen (secondary N) is 2. The summed E-state index contributed by atoms with van der Waals surface area (Å²) in [5, 5.41) is 9.44. The zero-order chi connectivity index (χ0) is 19.1. The Hall–Kier alpha value is -0.380. The summed E-state index contributed by atoms with van der Waals surface area (Å²) < 4.78 is 0. The number of likely N-dealkylation sites (N-methyl/N-ethyl adjacent to an activating group) is 1. The van der Waals surface area contributed by atoms with E-state index in [-0.39, 0.29) is 29.4 Å². The molecule has 2 N–H and O–H groups in total. The molecule has 7 heteroatoms. The number of guanidine groups is 1. The minimum Gasteiger partial charge on any atom is -0.355 e. The van der Waals surface area contributed by atoms with Gasteiger partial charge in [0.2, 0.25) is 0 Å². The smallest absolute Gasteiger partial charge is 0.191 e. The van der Waals surface area contributed by atoms with Crippen LogP contribution in [0.5, 0.6) is 0 Å². The topological polar surface area (TPSA) is 42.9 Å². The highest BCUT2D eigenvalue weighted by molar-refractivity contribution is 14.0. The molecule has 1 aromatic rings. The highest BCUT2D eigenvalue weighted by Gasteiger charge is 2.35. The van der Waals surface area contributed by atoms with Crippen molar-refractivity contribution in [3.05, 3.63) is 22.4 Å². The molecule has 1 aliphatic heterocycles. The molecular formula is C21H38IN5S. The van der Waals surface area contributed by atoms with Gasteiger partial charge >= 0.3 is 0 Å². The van der Waals surface area contributed by atoms with Crippen LogP contribution in [0.25, 0.3) is 0 Å². The molecule has 2 aliphatic rings. The van der Waals surface area contributed by atoms with Gasteiger partial charge in [-0.25, -0.2) is 0 Å². The third kappa shape index (κ3) is 6.31. The summed E-state index contributed by atoms with van der Waals surface area (Å²) in [6.45, 7) is 8.90. The number of hydrogen-bond donors (Lipinski definition) is 2. The van der Waals surface area contributed by atoms with Crippen LogP contribution in [0.2, 0.25) is 0 Å². The van der Waals surface area contributed by atoms with Gasteiger partial charge in [0.1, 0.15) is 0 Å². The number of piperazine rings is 1. The van der Waals surface area contributed by atoms with Gasteiger partial charge in [-0.2, -0.15) is 0 Å². The Morgan fingerprint density at radius 2 is 1.89 bits per heavy atom. The number of nitrogens with zero attached hydrogens (tertiary/aromatic N) is 3. The molecule has 2 heterocycles. The Morgan fingerprint density at radius 1 is 1.18 bits per heavy atom. The molecule has 5 nitrogen and oxygen atoms in total. The zero-order valence-corrected chi connectivity index (χ0v) is 20.9. The molecule has 2 fully saturated rings. The van der Waals surface area contributed by atoms with Crippen molar-refractivity contribution in [2.45, 2.75) is 50.5 Å². The molecule has 0 spiro atoms. The molecular weight excluding hydrogens is 481 g/mol. The molecule has 1 unspecified atom stereocenters. The number of hydrogen-bond acceptors (Lipinski definition) is 4. The van der Waals surface area contributed by atoms with E-state index in [0.29, 0.717) is 6.04 Å². The normalized spacial score (nSPS) is 22.3. The fraction of sp³-hybridized carbons (Fsp3) is 0.762. The number of halogens is 1. The van der Waals surface area contributed by atoms with Crippen molar-refractivity contribution in [1.82, 2.24) is 20.4 Å². The molecule has 160 valence electrons. The van der Waals surface area contributed by atoms with Gasteiger partial charge in [0, 0.05) is 62.7 Å². The lowest BCUT2D eigenvalue weighted by Crippen LogP contribution is -2.53. The summed E-state index contributed by atoms with van der Waals surface area (Å²) in [6, 6.07) is 5.04. The van der Waals surface area contributed by atoms with Crippen LogP contribution >= 0.6 is 35.3 Å². The Bertz CT molecular complexity index is 578. The van der Waals surface area contributed by atoms with Crippen molar-refractivity contribution in [2.75, 3.05) is 53.4 Å². The molecule has 0 aromatic carbocycles. The van der Waals surface area contributed by atoms with Crippen LogP contribution in [0.15, 0.2) is 22.5 Å².